The second-order valence-electron chi connectivity index (χ2n) is 4.41. The summed E-state index contributed by atoms with van der Waals surface area (Å²) in [6, 6.07) is 1.82. The lowest BCUT2D eigenvalue weighted by molar-refractivity contribution is -0.0876. The summed E-state index contributed by atoms with van der Waals surface area (Å²) in [5.74, 6) is 0.654. The fourth-order valence-electron chi connectivity index (χ4n) is 2.30. The summed E-state index contributed by atoms with van der Waals surface area (Å²) < 4.78 is 5.18. The van der Waals surface area contributed by atoms with Crippen molar-refractivity contribution in [3.8, 4) is 0 Å². The fraction of sp³-hybridized carbons (Fsp3) is 0.636. The minimum Gasteiger partial charge on any atom is -0.468 e. The molecule has 7 heteroatoms. The molecular weight excluding hydrogens is 240 g/mol. The van der Waals surface area contributed by atoms with Crippen LogP contribution in [-0.4, -0.2) is 57.7 Å². The maximum absolute atomic E-state index is 10.8. The first-order valence-corrected chi connectivity index (χ1v) is 5.73. The van der Waals surface area contributed by atoms with Crippen molar-refractivity contribution in [2.24, 2.45) is 5.18 Å². The predicted octanol–water partition coefficient (Wildman–Crippen LogP) is -0.687. The number of piperidine rings is 1. The second kappa shape index (κ2) is 5.57. The molecule has 7 nitrogen and oxygen atoms in total. The molecular formula is C11H16N2O5. The average molecular weight is 256 g/mol. The summed E-state index contributed by atoms with van der Waals surface area (Å²) in [7, 11) is 0. The van der Waals surface area contributed by atoms with E-state index in [0.717, 1.165) is 0 Å². The molecule has 0 aromatic carbocycles. The van der Waals surface area contributed by atoms with Crippen molar-refractivity contribution in [3.63, 3.8) is 0 Å². The third-order valence-electron chi connectivity index (χ3n) is 3.28. The number of aliphatic hydroxyl groups excluding tert-OH is 3. The van der Waals surface area contributed by atoms with Crippen LogP contribution in [0.5, 0.6) is 0 Å². The van der Waals surface area contributed by atoms with Crippen LogP contribution in [-0.2, 0) is 6.54 Å². The summed E-state index contributed by atoms with van der Waals surface area (Å²) in [4.78, 5) is 12.4. The molecule has 0 saturated carbocycles. The standard InChI is InChI=1S/C11H16N2O5/c14-6-8-10(12-17)11(16)9(15)5-13(8)4-7-2-1-3-18-7/h1-3,8-11,14-16H,4-6H2/t8-,9+,10-,11-/m1/s1. The highest BCUT2D eigenvalue weighted by molar-refractivity contribution is 5.03. The predicted molar refractivity (Wildman–Crippen MR) is 61.6 cm³/mol. The smallest absolute Gasteiger partial charge is 0.138 e. The van der Waals surface area contributed by atoms with Gasteiger partial charge >= 0.3 is 0 Å². The molecule has 1 aromatic rings. The van der Waals surface area contributed by atoms with E-state index in [1.165, 1.54) is 6.26 Å². The van der Waals surface area contributed by atoms with Crippen LogP contribution in [0.15, 0.2) is 28.0 Å². The number of hydrogen-bond acceptors (Lipinski definition) is 7. The van der Waals surface area contributed by atoms with Crippen LogP contribution >= 0.6 is 0 Å². The summed E-state index contributed by atoms with van der Waals surface area (Å²) in [5.41, 5.74) is 0. The first kappa shape index (κ1) is 13.2. The van der Waals surface area contributed by atoms with Gasteiger partial charge < -0.3 is 19.7 Å². The topological polar surface area (TPSA) is 106 Å². The zero-order chi connectivity index (χ0) is 13.1. The molecule has 1 aliphatic rings. The summed E-state index contributed by atoms with van der Waals surface area (Å²) in [5, 5.41) is 31.5. The molecule has 2 rings (SSSR count). The molecule has 1 aromatic heterocycles. The third kappa shape index (κ3) is 2.44. The maximum atomic E-state index is 10.8. The van der Waals surface area contributed by atoms with Crippen LogP contribution in [0, 0.1) is 4.91 Å². The van der Waals surface area contributed by atoms with E-state index in [4.69, 9.17) is 4.42 Å². The Morgan fingerprint density at radius 3 is 2.83 bits per heavy atom. The molecule has 100 valence electrons. The first-order chi connectivity index (χ1) is 8.67. The third-order valence-corrected chi connectivity index (χ3v) is 3.28. The summed E-state index contributed by atoms with van der Waals surface area (Å²) in [6.45, 7) is 0.175. The Hall–Kier alpha value is -1.28. The minimum absolute atomic E-state index is 0.152. The molecule has 1 aliphatic heterocycles. The van der Waals surface area contributed by atoms with Crippen LogP contribution < -0.4 is 0 Å². The van der Waals surface area contributed by atoms with E-state index >= 15 is 0 Å². The minimum atomic E-state index is -1.24. The summed E-state index contributed by atoms with van der Waals surface area (Å²) in [6.07, 6.45) is -0.786. The zero-order valence-corrected chi connectivity index (χ0v) is 9.72. The van der Waals surface area contributed by atoms with E-state index in [1.807, 2.05) is 0 Å². The van der Waals surface area contributed by atoms with Gasteiger partial charge in [-0.1, -0.05) is 5.18 Å². The van der Waals surface area contributed by atoms with E-state index in [1.54, 1.807) is 17.0 Å². The molecule has 0 spiro atoms. The first-order valence-electron chi connectivity index (χ1n) is 5.73. The van der Waals surface area contributed by atoms with E-state index in [0.29, 0.717) is 12.3 Å². The SMILES string of the molecule is O=N[C@H]1[C@H](O)[C@@H](O)CN(Cc2ccco2)[C@@H]1CO. The van der Waals surface area contributed by atoms with Gasteiger partial charge in [0, 0.05) is 6.54 Å². The van der Waals surface area contributed by atoms with Crippen molar-refractivity contribution >= 4 is 0 Å². The molecule has 18 heavy (non-hydrogen) atoms. The van der Waals surface area contributed by atoms with Crippen molar-refractivity contribution in [3.05, 3.63) is 29.1 Å². The van der Waals surface area contributed by atoms with Crippen LogP contribution in [0.1, 0.15) is 5.76 Å². The van der Waals surface area contributed by atoms with Crippen molar-refractivity contribution in [1.82, 2.24) is 4.90 Å². The molecule has 0 radical (unpaired) electrons. The van der Waals surface area contributed by atoms with Crippen molar-refractivity contribution < 1.29 is 19.7 Å². The number of aliphatic hydroxyl groups is 3. The average Bonchev–Trinajstić information content (AvgIpc) is 2.86. The Bertz CT molecular complexity index is 383. The maximum Gasteiger partial charge on any atom is 0.138 e. The normalized spacial score (nSPS) is 33.5. The quantitative estimate of drug-likeness (QED) is 0.616. The van der Waals surface area contributed by atoms with Gasteiger partial charge in [0.05, 0.1) is 31.6 Å². The number of nitroso groups, excluding NO2 is 1. The molecule has 4 atom stereocenters. The Kier molecular flexibility index (Phi) is 4.07. The van der Waals surface area contributed by atoms with E-state index in [2.05, 4.69) is 5.18 Å². The highest BCUT2D eigenvalue weighted by Crippen LogP contribution is 2.23. The highest BCUT2D eigenvalue weighted by atomic mass is 16.3. The van der Waals surface area contributed by atoms with Crippen LogP contribution in [0.25, 0.3) is 0 Å². The molecule has 0 unspecified atom stereocenters. The number of likely N-dealkylation sites (tertiary alicyclic amines) is 1. The van der Waals surface area contributed by atoms with Crippen molar-refractivity contribution in [2.45, 2.75) is 30.8 Å². The lowest BCUT2D eigenvalue weighted by Crippen LogP contribution is -2.61. The van der Waals surface area contributed by atoms with Crippen LogP contribution in [0.4, 0.5) is 0 Å². The fourth-order valence-corrected chi connectivity index (χ4v) is 2.30. The molecule has 2 heterocycles. The van der Waals surface area contributed by atoms with Crippen molar-refractivity contribution in [1.29, 1.82) is 0 Å². The van der Waals surface area contributed by atoms with E-state index < -0.39 is 24.3 Å². The molecule has 3 N–H and O–H groups in total. The van der Waals surface area contributed by atoms with Gasteiger partial charge in [-0.3, -0.25) is 4.90 Å². The van der Waals surface area contributed by atoms with E-state index in [9.17, 15) is 20.2 Å². The van der Waals surface area contributed by atoms with Gasteiger partial charge in [-0.05, 0) is 12.1 Å². The second-order valence-corrected chi connectivity index (χ2v) is 4.41. The number of nitrogens with zero attached hydrogens (tertiary/aromatic N) is 2. The van der Waals surface area contributed by atoms with Gasteiger partial charge in [-0.15, -0.1) is 0 Å². The Morgan fingerprint density at radius 1 is 1.50 bits per heavy atom. The van der Waals surface area contributed by atoms with Crippen molar-refractivity contribution in [2.75, 3.05) is 13.2 Å². The largest absolute Gasteiger partial charge is 0.468 e. The summed E-state index contributed by atoms with van der Waals surface area (Å²) >= 11 is 0. The van der Waals surface area contributed by atoms with Gasteiger partial charge in [0.2, 0.25) is 0 Å². The molecule has 1 fully saturated rings. The Morgan fingerprint density at radius 2 is 2.28 bits per heavy atom. The van der Waals surface area contributed by atoms with Gasteiger partial charge in [0.25, 0.3) is 0 Å². The van der Waals surface area contributed by atoms with Gasteiger partial charge in [-0.2, -0.15) is 4.91 Å². The van der Waals surface area contributed by atoms with Gasteiger partial charge in [0.1, 0.15) is 17.9 Å². The number of furan rings is 1. The number of rotatable bonds is 4. The molecule has 0 bridgehead atoms. The molecule has 0 amide bonds. The van der Waals surface area contributed by atoms with E-state index in [-0.39, 0.29) is 13.2 Å². The lowest BCUT2D eigenvalue weighted by Gasteiger charge is -2.41. The van der Waals surface area contributed by atoms with Gasteiger partial charge in [0.15, 0.2) is 0 Å². The van der Waals surface area contributed by atoms with Crippen LogP contribution in [0.3, 0.4) is 0 Å². The Balaban J connectivity index is 2.14. The Labute approximate surface area is 104 Å². The van der Waals surface area contributed by atoms with Gasteiger partial charge in [-0.25, -0.2) is 0 Å². The highest BCUT2D eigenvalue weighted by Gasteiger charge is 2.43. The van der Waals surface area contributed by atoms with Crippen LogP contribution in [0.2, 0.25) is 0 Å². The number of β-amino-alcohol motifs (C(OH)–C–C–N with tert-alkyl or cyclic N) is 1. The molecule has 0 aliphatic carbocycles. The zero-order valence-electron chi connectivity index (χ0n) is 9.72. The monoisotopic (exact) mass is 256 g/mol. The molecule has 1 saturated heterocycles. The number of hydrogen-bond donors (Lipinski definition) is 3. The lowest BCUT2D eigenvalue weighted by atomic mass is 9.92.